The Bertz CT molecular complexity index is 491. The zero-order valence-corrected chi connectivity index (χ0v) is 11.3. The lowest BCUT2D eigenvalue weighted by atomic mass is 10.2. The number of methoxy groups -OCH3 is 1. The van der Waals surface area contributed by atoms with Crippen molar-refractivity contribution < 1.29 is 14.3 Å². The van der Waals surface area contributed by atoms with Gasteiger partial charge in [0.1, 0.15) is 6.42 Å². The molecule has 6 heteroatoms. The third kappa shape index (κ3) is 5.98. The molecule has 1 rings (SSSR count). The van der Waals surface area contributed by atoms with E-state index in [0.29, 0.717) is 25.3 Å². The van der Waals surface area contributed by atoms with Crippen molar-refractivity contribution in [3.8, 4) is 6.07 Å². The molecule has 0 unspecified atom stereocenters. The van der Waals surface area contributed by atoms with E-state index in [4.69, 9.17) is 10.00 Å². The average Bonchev–Trinajstić information content (AvgIpc) is 2.45. The van der Waals surface area contributed by atoms with E-state index in [0.717, 1.165) is 5.56 Å². The third-order valence-corrected chi connectivity index (χ3v) is 2.50. The molecule has 0 atom stereocenters. The van der Waals surface area contributed by atoms with Crippen LogP contribution in [0.3, 0.4) is 0 Å². The summed E-state index contributed by atoms with van der Waals surface area (Å²) in [5.41, 5.74) is 1.59. The highest BCUT2D eigenvalue weighted by atomic mass is 16.5. The van der Waals surface area contributed by atoms with Gasteiger partial charge in [0.05, 0.1) is 19.1 Å². The van der Waals surface area contributed by atoms with E-state index in [2.05, 4.69) is 10.6 Å². The zero-order valence-electron chi connectivity index (χ0n) is 11.3. The van der Waals surface area contributed by atoms with Gasteiger partial charge in [0.15, 0.2) is 0 Å². The maximum atomic E-state index is 11.5. The summed E-state index contributed by atoms with van der Waals surface area (Å²) in [5, 5.41) is 13.7. The summed E-state index contributed by atoms with van der Waals surface area (Å²) in [6.07, 6.45) is 0.163. The molecule has 0 aliphatic heterocycles. The highest BCUT2D eigenvalue weighted by Crippen LogP contribution is 2.09. The maximum absolute atomic E-state index is 11.5. The SMILES string of the molecule is COCCC(=O)Nc1ccc(CNC(=O)CC#N)cc1. The van der Waals surface area contributed by atoms with Crippen molar-refractivity contribution in [1.82, 2.24) is 5.32 Å². The van der Waals surface area contributed by atoms with Gasteiger partial charge in [-0.3, -0.25) is 9.59 Å². The number of nitrogens with one attached hydrogen (secondary N) is 2. The Balaban J connectivity index is 2.42. The Morgan fingerprint density at radius 3 is 2.55 bits per heavy atom. The average molecular weight is 275 g/mol. The van der Waals surface area contributed by atoms with Crippen LogP contribution in [0, 0.1) is 11.3 Å². The van der Waals surface area contributed by atoms with E-state index in [1.165, 1.54) is 0 Å². The van der Waals surface area contributed by atoms with Gasteiger partial charge in [-0.25, -0.2) is 0 Å². The summed E-state index contributed by atoms with van der Waals surface area (Å²) in [5.74, 6) is -0.411. The molecule has 0 heterocycles. The van der Waals surface area contributed by atoms with Crippen molar-refractivity contribution in [1.29, 1.82) is 5.26 Å². The largest absolute Gasteiger partial charge is 0.384 e. The van der Waals surface area contributed by atoms with Gasteiger partial charge in [0.2, 0.25) is 11.8 Å². The van der Waals surface area contributed by atoms with Gasteiger partial charge < -0.3 is 15.4 Å². The fourth-order valence-corrected chi connectivity index (χ4v) is 1.46. The van der Waals surface area contributed by atoms with Crippen molar-refractivity contribution in [2.45, 2.75) is 19.4 Å². The van der Waals surface area contributed by atoms with Crippen LogP contribution >= 0.6 is 0 Å². The number of hydrogen-bond acceptors (Lipinski definition) is 4. The quantitative estimate of drug-likeness (QED) is 0.782. The van der Waals surface area contributed by atoms with E-state index in [1.54, 1.807) is 37.4 Å². The first-order valence-electron chi connectivity index (χ1n) is 6.17. The predicted molar refractivity (Wildman–Crippen MR) is 73.6 cm³/mol. The summed E-state index contributed by atoms with van der Waals surface area (Å²) in [7, 11) is 1.54. The number of nitrogens with zero attached hydrogens (tertiary/aromatic N) is 1. The van der Waals surface area contributed by atoms with Crippen LogP contribution in [0.5, 0.6) is 0 Å². The van der Waals surface area contributed by atoms with E-state index in [9.17, 15) is 9.59 Å². The predicted octanol–water partition coefficient (Wildman–Crippen LogP) is 1.19. The van der Waals surface area contributed by atoms with Gasteiger partial charge in [0, 0.05) is 19.3 Å². The second-order valence-corrected chi connectivity index (χ2v) is 4.10. The summed E-state index contributed by atoms with van der Waals surface area (Å²) in [6.45, 7) is 0.743. The number of hydrogen-bond donors (Lipinski definition) is 2. The van der Waals surface area contributed by atoms with E-state index >= 15 is 0 Å². The molecular formula is C14H17N3O3. The lowest BCUT2D eigenvalue weighted by molar-refractivity contribution is -0.120. The van der Waals surface area contributed by atoms with Crippen LogP contribution in [0.4, 0.5) is 5.69 Å². The number of ether oxygens (including phenoxy) is 1. The molecule has 0 aromatic heterocycles. The van der Waals surface area contributed by atoms with Gasteiger partial charge >= 0.3 is 0 Å². The molecule has 0 aliphatic carbocycles. The Morgan fingerprint density at radius 1 is 1.25 bits per heavy atom. The standard InChI is InChI=1S/C14H17N3O3/c1-20-9-7-14(19)17-12-4-2-11(3-5-12)10-16-13(18)6-8-15/h2-5H,6-7,9-10H2,1H3,(H,16,18)(H,17,19). The zero-order chi connectivity index (χ0) is 14.8. The highest BCUT2D eigenvalue weighted by Gasteiger charge is 2.03. The molecule has 6 nitrogen and oxygen atoms in total. The molecule has 0 fully saturated rings. The molecular weight excluding hydrogens is 258 g/mol. The number of rotatable bonds is 7. The maximum Gasteiger partial charge on any atom is 0.234 e. The number of amides is 2. The molecule has 20 heavy (non-hydrogen) atoms. The third-order valence-electron chi connectivity index (χ3n) is 2.50. The van der Waals surface area contributed by atoms with E-state index < -0.39 is 0 Å². The first-order valence-corrected chi connectivity index (χ1v) is 6.17. The molecule has 0 radical (unpaired) electrons. The number of benzene rings is 1. The summed E-state index contributed by atoms with van der Waals surface area (Å²) in [6, 6.07) is 8.91. The van der Waals surface area contributed by atoms with E-state index in [1.807, 2.05) is 0 Å². The van der Waals surface area contributed by atoms with Crippen LogP contribution < -0.4 is 10.6 Å². The van der Waals surface area contributed by atoms with Crippen LogP contribution in [-0.2, 0) is 20.9 Å². The minimum absolute atomic E-state index is 0.109. The van der Waals surface area contributed by atoms with Crippen molar-refractivity contribution in [3.05, 3.63) is 29.8 Å². The Hall–Kier alpha value is -2.39. The monoisotopic (exact) mass is 275 g/mol. The van der Waals surface area contributed by atoms with Gasteiger partial charge in [-0.05, 0) is 17.7 Å². The van der Waals surface area contributed by atoms with Crippen LogP contribution in [0.25, 0.3) is 0 Å². The van der Waals surface area contributed by atoms with E-state index in [-0.39, 0.29) is 18.2 Å². The first-order chi connectivity index (χ1) is 9.65. The minimum Gasteiger partial charge on any atom is -0.384 e. The van der Waals surface area contributed by atoms with Gasteiger partial charge in [0.25, 0.3) is 0 Å². The summed E-state index contributed by atoms with van der Waals surface area (Å²) >= 11 is 0. The second kappa shape index (κ2) is 8.67. The Morgan fingerprint density at radius 2 is 1.95 bits per heavy atom. The van der Waals surface area contributed by atoms with Gasteiger partial charge in [-0.15, -0.1) is 0 Å². The molecule has 0 spiro atoms. The van der Waals surface area contributed by atoms with Crippen LogP contribution in [-0.4, -0.2) is 25.5 Å². The summed E-state index contributed by atoms with van der Waals surface area (Å²) < 4.78 is 4.82. The fraction of sp³-hybridized carbons (Fsp3) is 0.357. The molecule has 106 valence electrons. The normalized spacial score (nSPS) is 9.60. The van der Waals surface area contributed by atoms with Crippen LogP contribution in [0.2, 0.25) is 0 Å². The molecule has 0 saturated carbocycles. The number of carbonyl (C=O) groups is 2. The first kappa shape index (κ1) is 15.7. The minimum atomic E-state index is -0.301. The van der Waals surface area contributed by atoms with Crippen molar-refractivity contribution in [3.63, 3.8) is 0 Å². The van der Waals surface area contributed by atoms with Crippen molar-refractivity contribution in [2.75, 3.05) is 19.0 Å². The topological polar surface area (TPSA) is 91.2 Å². The Labute approximate surface area is 117 Å². The molecule has 2 amide bonds. The summed E-state index contributed by atoms with van der Waals surface area (Å²) in [4.78, 5) is 22.6. The lowest BCUT2D eigenvalue weighted by Gasteiger charge is -2.07. The molecule has 0 aliphatic rings. The highest BCUT2D eigenvalue weighted by molar-refractivity contribution is 5.90. The lowest BCUT2D eigenvalue weighted by Crippen LogP contribution is -2.21. The van der Waals surface area contributed by atoms with Crippen LogP contribution in [0.1, 0.15) is 18.4 Å². The van der Waals surface area contributed by atoms with Crippen molar-refractivity contribution in [2.24, 2.45) is 0 Å². The molecule has 1 aromatic carbocycles. The van der Waals surface area contributed by atoms with Gasteiger partial charge in [-0.1, -0.05) is 12.1 Å². The van der Waals surface area contributed by atoms with Crippen LogP contribution in [0.15, 0.2) is 24.3 Å². The number of nitriles is 1. The Kier molecular flexibility index (Phi) is 6.79. The fourth-order valence-electron chi connectivity index (χ4n) is 1.46. The number of carbonyl (C=O) groups excluding carboxylic acids is 2. The number of anilines is 1. The molecule has 2 N–H and O–H groups in total. The smallest absolute Gasteiger partial charge is 0.234 e. The molecule has 0 saturated heterocycles. The molecule has 1 aromatic rings. The van der Waals surface area contributed by atoms with Gasteiger partial charge in [-0.2, -0.15) is 5.26 Å². The van der Waals surface area contributed by atoms with Crippen molar-refractivity contribution >= 4 is 17.5 Å². The molecule has 0 bridgehead atoms. The second-order valence-electron chi connectivity index (χ2n) is 4.10.